The summed E-state index contributed by atoms with van der Waals surface area (Å²) in [7, 11) is 0. The van der Waals surface area contributed by atoms with Gasteiger partial charge >= 0.3 is 0 Å². The average Bonchev–Trinajstić information content (AvgIpc) is 2.86. The SMILES string of the molecule is Cc1occc1C(=O)Nc1ccnc2c(Cl)cccc12. The minimum absolute atomic E-state index is 0.219. The second kappa shape index (κ2) is 4.98. The molecule has 3 aromatic rings. The average molecular weight is 287 g/mol. The molecular formula is C15H11ClN2O2. The van der Waals surface area contributed by atoms with Gasteiger partial charge in [-0.1, -0.05) is 23.7 Å². The highest BCUT2D eigenvalue weighted by atomic mass is 35.5. The summed E-state index contributed by atoms with van der Waals surface area (Å²) in [5, 5.41) is 4.21. The van der Waals surface area contributed by atoms with Gasteiger partial charge < -0.3 is 9.73 Å². The number of rotatable bonds is 2. The smallest absolute Gasteiger partial charge is 0.259 e. The molecule has 20 heavy (non-hydrogen) atoms. The first-order valence-electron chi connectivity index (χ1n) is 6.05. The zero-order valence-electron chi connectivity index (χ0n) is 10.7. The summed E-state index contributed by atoms with van der Waals surface area (Å²) in [5.74, 6) is 0.364. The van der Waals surface area contributed by atoms with Gasteiger partial charge in [0.1, 0.15) is 5.76 Å². The van der Waals surface area contributed by atoms with Gasteiger partial charge in [0.15, 0.2) is 0 Å². The van der Waals surface area contributed by atoms with E-state index in [-0.39, 0.29) is 5.91 Å². The minimum atomic E-state index is -0.219. The van der Waals surface area contributed by atoms with Gasteiger partial charge in [0.25, 0.3) is 5.91 Å². The normalized spacial score (nSPS) is 10.7. The topological polar surface area (TPSA) is 55.1 Å². The van der Waals surface area contributed by atoms with Crippen molar-refractivity contribution in [3.63, 3.8) is 0 Å². The quantitative estimate of drug-likeness (QED) is 0.773. The summed E-state index contributed by atoms with van der Waals surface area (Å²) in [4.78, 5) is 16.4. The Morgan fingerprint density at radius 2 is 2.15 bits per heavy atom. The van der Waals surface area contributed by atoms with Gasteiger partial charge in [-0.25, -0.2) is 0 Å². The zero-order valence-corrected chi connectivity index (χ0v) is 11.4. The molecule has 2 aromatic heterocycles. The predicted molar refractivity (Wildman–Crippen MR) is 78.2 cm³/mol. The number of amides is 1. The maximum absolute atomic E-state index is 12.2. The number of pyridine rings is 1. The number of benzene rings is 1. The number of nitrogens with zero attached hydrogens (tertiary/aromatic N) is 1. The number of hydrogen-bond donors (Lipinski definition) is 1. The van der Waals surface area contributed by atoms with Crippen LogP contribution in [0.1, 0.15) is 16.1 Å². The first-order chi connectivity index (χ1) is 9.66. The minimum Gasteiger partial charge on any atom is -0.469 e. The van der Waals surface area contributed by atoms with Gasteiger partial charge in [-0.15, -0.1) is 0 Å². The molecule has 0 bridgehead atoms. The van der Waals surface area contributed by atoms with Crippen molar-refractivity contribution in [3.8, 4) is 0 Å². The summed E-state index contributed by atoms with van der Waals surface area (Å²) >= 11 is 6.10. The van der Waals surface area contributed by atoms with E-state index in [2.05, 4.69) is 10.3 Å². The fourth-order valence-corrected chi connectivity index (χ4v) is 2.28. The third-order valence-electron chi connectivity index (χ3n) is 3.07. The van der Waals surface area contributed by atoms with Crippen LogP contribution in [0.15, 0.2) is 47.2 Å². The second-order valence-corrected chi connectivity index (χ2v) is 4.75. The zero-order chi connectivity index (χ0) is 14.1. The van der Waals surface area contributed by atoms with E-state index in [1.54, 1.807) is 31.3 Å². The number of carbonyl (C=O) groups is 1. The molecule has 0 aliphatic rings. The Hall–Kier alpha value is -2.33. The van der Waals surface area contributed by atoms with Crippen LogP contribution >= 0.6 is 11.6 Å². The Kier molecular flexibility index (Phi) is 3.16. The predicted octanol–water partition coefficient (Wildman–Crippen LogP) is 4.04. The van der Waals surface area contributed by atoms with E-state index in [9.17, 15) is 4.79 Å². The van der Waals surface area contributed by atoms with E-state index >= 15 is 0 Å². The number of halogens is 1. The summed E-state index contributed by atoms with van der Waals surface area (Å²) in [5.41, 5.74) is 1.84. The Morgan fingerprint density at radius 3 is 2.90 bits per heavy atom. The largest absolute Gasteiger partial charge is 0.469 e. The molecule has 0 saturated carbocycles. The van der Waals surface area contributed by atoms with Crippen LogP contribution in [0.4, 0.5) is 5.69 Å². The summed E-state index contributed by atoms with van der Waals surface area (Å²) < 4.78 is 5.14. The molecule has 0 unspecified atom stereocenters. The summed E-state index contributed by atoms with van der Waals surface area (Å²) in [6.07, 6.45) is 3.11. The van der Waals surface area contributed by atoms with Crippen LogP contribution in [0.25, 0.3) is 10.9 Å². The summed E-state index contributed by atoms with van der Waals surface area (Å²) in [6, 6.07) is 8.84. The van der Waals surface area contributed by atoms with Gasteiger partial charge in [-0.3, -0.25) is 9.78 Å². The second-order valence-electron chi connectivity index (χ2n) is 4.34. The van der Waals surface area contributed by atoms with Crippen LogP contribution in [-0.4, -0.2) is 10.9 Å². The first-order valence-corrected chi connectivity index (χ1v) is 6.43. The lowest BCUT2D eigenvalue weighted by Gasteiger charge is -2.08. The highest BCUT2D eigenvalue weighted by Crippen LogP contribution is 2.27. The lowest BCUT2D eigenvalue weighted by molar-refractivity contribution is 0.102. The van der Waals surface area contributed by atoms with Crippen molar-refractivity contribution in [2.24, 2.45) is 0 Å². The molecule has 5 heteroatoms. The lowest BCUT2D eigenvalue weighted by Crippen LogP contribution is -2.12. The number of aryl methyl sites for hydroxylation is 1. The molecule has 0 spiro atoms. The van der Waals surface area contributed by atoms with Crippen LogP contribution in [0, 0.1) is 6.92 Å². The van der Waals surface area contributed by atoms with E-state index in [0.717, 1.165) is 5.39 Å². The van der Waals surface area contributed by atoms with E-state index in [1.165, 1.54) is 6.26 Å². The first kappa shape index (κ1) is 12.7. The molecule has 100 valence electrons. The van der Waals surface area contributed by atoms with Gasteiger partial charge in [0.2, 0.25) is 0 Å². The van der Waals surface area contributed by atoms with Crippen molar-refractivity contribution < 1.29 is 9.21 Å². The molecule has 0 saturated heterocycles. The highest BCUT2D eigenvalue weighted by Gasteiger charge is 2.13. The molecule has 4 nitrogen and oxygen atoms in total. The molecule has 1 aromatic carbocycles. The Labute approximate surface area is 120 Å². The number of aromatic nitrogens is 1. The number of anilines is 1. The number of carbonyl (C=O) groups excluding carboxylic acids is 1. The van der Waals surface area contributed by atoms with Gasteiger partial charge in [0, 0.05) is 11.6 Å². The van der Waals surface area contributed by atoms with Gasteiger partial charge in [-0.05, 0) is 25.1 Å². The molecule has 0 atom stereocenters. The third-order valence-corrected chi connectivity index (χ3v) is 3.38. The van der Waals surface area contributed by atoms with E-state index < -0.39 is 0 Å². The van der Waals surface area contributed by atoms with Crippen molar-refractivity contribution in [2.45, 2.75) is 6.92 Å². The van der Waals surface area contributed by atoms with Crippen molar-refractivity contribution in [1.29, 1.82) is 0 Å². The van der Waals surface area contributed by atoms with Gasteiger partial charge in [0.05, 0.1) is 28.1 Å². The molecule has 1 N–H and O–H groups in total. The fraction of sp³-hybridized carbons (Fsp3) is 0.0667. The van der Waals surface area contributed by atoms with E-state index in [4.69, 9.17) is 16.0 Å². The van der Waals surface area contributed by atoms with E-state index in [1.807, 2.05) is 12.1 Å². The number of nitrogens with one attached hydrogen (secondary N) is 1. The standard InChI is InChI=1S/C15H11ClN2O2/c1-9-10(6-8-20-9)15(19)18-13-5-7-17-14-11(13)3-2-4-12(14)16/h2-8H,1H3,(H,17,18,19). The third kappa shape index (κ3) is 2.14. The molecule has 3 rings (SSSR count). The number of hydrogen-bond acceptors (Lipinski definition) is 3. The maximum atomic E-state index is 12.2. The molecular weight excluding hydrogens is 276 g/mol. The highest BCUT2D eigenvalue weighted by molar-refractivity contribution is 6.35. The number of furan rings is 1. The number of fused-ring (bicyclic) bond motifs is 1. The monoisotopic (exact) mass is 286 g/mol. The molecule has 1 amide bonds. The lowest BCUT2D eigenvalue weighted by atomic mass is 10.1. The van der Waals surface area contributed by atoms with Gasteiger partial charge in [-0.2, -0.15) is 0 Å². The molecule has 2 heterocycles. The molecule has 0 radical (unpaired) electrons. The van der Waals surface area contributed by atoms with Crippen molar-refractivity contribution >= 4 is 34.1 Å². The maximum Gasteiger partial charge on any atom is 0.259 e. The molecule has 0 aliphatic heterocycles. The molecule has 0 fully saturated rings. The van der Waals surface area contributed by atoms with Crippen LogP contribution in [-0.2, 0) is 0 Å². The Morgan fingerprint density at radius 1 is 1.30 bits per heavy atom. The fourth-order valence-electron chi connectivity index (χ4n) is 2.06. The Balaban J connectivity index is 2.02. The van der Waals surface area contributed by atoms with Crippen molar-refractivity contribution in [3.05, 3.63) is 59.1 Å². The molecule has 0 aliphatic carbocycles. The Bertz CT molecular complexity index is 795. The van der Waals surface area contributed by atoms with E-state index in [0.29, 0.717) is 27.6 Å². The number of para-hydroxylation sites is 1. The van der Waals surface area contributed by atoms with Crippen LogP contribution in [0.2, 0.25) is 5.02 Å². The van der Waals surface area contributed by atoms with Crippen molar-refractivity contribution in [1.82, 2.24) is 4.98 Å². The van der Waals surface area contributed by atoms with Crippen LogP contribution in [0.5, 0.6) is 0 Å². The van der Waals surface area contributed by atoms with Crippen LogP contribution < -0.4 is 5.32 Å². The van der Waals surface area contributed by atoms with Crippen molar-refractivity contribution in [2.75, 3.05) is 5.32 Å². The van der Waals surface area contributed by atoms with Crippen LogP contribution in [0.3, 0.4) is 0 Å². The summed E-state index contributed by atoms with van der Waals surface area (Å²) in [6.45, 7) is 1.75.